The molecule has 1 aliphatic rings. The molecule has 0 aromatic carbocycles. The zero-order chi connectivity index (χ0) is 16.1. The Morgan fingerprint density at radius 3 is 2.83 bits per heavy atom. The van der Waals surface area contributed by atoms with E-state index in [0.29, 0.717) is 24.6 Å². The van der Waals surface area contributed by atoms with Crippen molar-refractivity contribution in [1.29, 1.82) is 0 Å². The van der Waals surface area contributed by atoms with Gasteiger partial charge in [0.1, 0.15) is 0 Å². The van der Waals surface area contributed by atoms with E-state index in [2.05, 4.69) is 25.4 Å². The third kappa shape index (κ3) is 4.59. The van der Waals surface area contributed by atoms with Crippen molar-refractivity contribution in [2.75, 3.05) is 26.2 Å². The van der Waals surface area contributed by atoms with Gasteiger partial charge in [-0.1, -0.05) is 5.16 Å². The van der Waals surface area contributed by atoms with E-state index in [1.54, 1.807) is 18.3 Å². The quantitative estimate of drug-likeness (QED) is 0.796. The maximum absolute atomic E-state index is 12.2. The molecule has 2 aromatic rings. The van der Waals surface area contributed by atoms with Crippen LogP contribution in [0.15, 0.2) is 15.4 Å². The van der Waals surface area contributed by atoms with E-state index in [1.165, 1.54) is 0 Å². The first-order valence-electron chi connectivity index (χ1n) is 7.87. The zero-order valence-corrected chi connectivity index (χ0v) is 14.1. The molecule has 0 spiro atoms. The molecule has 1 saturated heterocycles. The first-order chi connectivity index (χ1) is 11.2. The van der Waals surface area contributed by atoms with Gasteiger partial charge in [-0.05, 0) is 13.3 Å². The van der Waals surface area contributed by atoms with Crippen LogP contribution in [-0.2, 0) is 17.8 Å². The summed E-state index contributed by atoms with van der Waals surface area (Å²) in [5.41, 5.74) is 2.98. The molecule has 7 nitrogen and oxygen atoms in total. The summed E-state index contributed by atoms with van der Waals surface area (Å²) in [6, 6.07) is 0. The van der Waals surface area contributed by atoms with Crippen molar-refractivity contribution >= 4 is 17.2 Å². The lowest BCUT2D eigenvalue weighted by Gasteiger charge is -2.34. The number of rotatable bonds is 6. The Morgan fingerprint density at radius 2 is 2.17 bits per heavy atom. The monoisotopic (exact) mass is 335 g/mol. The lowest BCUT2D eigenvalue weighted by Crippen LogP contribution is -2.48. The number of hydrogen-bond donors (Lipinski definition) is 0. The van der Waals surface area contributed by atoms with Gasteiger partial charge in [0.05, 0.1) is 11.2 Å². The number of piperazine rings is 1. The van der Waals surface area contributed by atoms with Gasteiger partial charge in [-0.2, -0.15) is 4.98 Å². The van der Waals surface area contributed by atoms with Crippen LogP contribution in [0.3, 0.4) is 0 Å². The molecular weight excluding hydrogens is 314 g/mol. The van der Waals surface area contributed by atoms with E-state index in [-0.39, 0.29) is 5.91 Å². The minimum absolute atomic E-state index is 0.217. The van der Waals surface area contributed by atoms with Gasteiger partial charge < -0.3 is 9.42 Å². The number of carbonyl (C=O) groups excluding carboxylic acids is 1. The minimum atomic E-state index is 0.217. The summed E-state index contributed by atoms with van der Waals surface area (Å²) in [4.78, 5) is 25.0. The molecule has 0 bridgehead atoms. The molecule has 0 aliphatic carbocycles. The maximum Gasteiger partial charge on any atom is 0.226 e. The number of hydrogen-bond acceptors (Lipinski definition) is 7. The molecule has 1 fully saturated rings. The molecule has 23 heavy (non-hydrogen) atoms. The summed E-state index contributed by atoms with van der Waals surface area (Å²) in [6.45, 7) is 6.08. The highest BCUT2D eigenvalue weighted by Crippen LogP contribution is 2.11. The minimum Gasteiger partial charge on any atom is -0.340 e. The molecule has 0 N–H and O–H groups in total. The lowest BCUT2D eigenvalue weighted by molar-refractivity contribution is -0.133. The molecule has 1 aliphatic heterocycles. The van der Waals surface area contributed by atoms with Crippen LogP contribution in [0.1, 0.15) is 30.3 Å². The number of aryl methyl sites for hydroxylation is 2. The van der Waals surface area contributed by atoms with E-state index < -0.39 is 0 Å². The van der Waals surface area contributed by atoms with Crippen LogP contribution in [0.25, 0.3) is 0 Å². The highest BCUT2D eigenvalue weighted by atomic mass is 32.1. The predicted molar refractivity (Wildman–Crippen MR) is 85.9 cm³/mol. The Balaban J connectivity index is 1.36. The van der Waals surface area contributed by atoms with Crippen molar-refractivity contribution < 1.29 is 9.32 Å². The van der Waals surface area contributed by atoms with E-state index in [4.69, 9.17) is 4.52 Å². The highest BCUT2D eigenvalue weighted by Gasteiger charge is 2.21. The molecule has 0 radical (unpaired) electrons. The first kappa shape index (κ1) is 16.1. The fraction of sp³-hybridized carbons (Fsp3) is 0.600. The summed E-state index contributed by atoms with van der Waals surface area (Å²) in [5, 5.41) is 5.83. The SMILES string of the molecule is Cc1noc(CCCC(=O)N2CCN(Cc3cscn3)CC2)n1. The molecule has 124 valence electrons. The van der Waals surface area contributed by atoms with Crippen molar-refractivity contribution in [1.82, 2.24) is 24.9 Å². The molecule has 1 amide bonds. The van der Waals surface area contributed by atoms with Gasteiger partial charge in [-0.3, -0.25) is 9.69 Å². The predicted octanol–water partition coefficient (Wildman–Crippen LogP) is 1.50. The fourth-order valence-corrected chi connectivity index (χ4v) is 3.24. The Hall–Kier alpha value is -1.80. The summed E-state index contributed by atoms with van der Waals surface area (Å²) in [7, 11) is 0. The van der Waals surface area contributed by atoms with Crippen LogP contribution < -0.4 is 0 Å². The molecular formula is C15H21N5O2S. The van der Waals surface area contributed by atoms with E-state index in [9.17, 15) is 4.79 Å². The topological polar surface area (TPSA) is 75.4 Å². The van der Waals surface area contributed by atoms with Crippen LogP contribution in [0.4, 0.5) is 0 Å². The second-order valence-corrected chi connectivity index (χ2v) is 6.44. The van der Waals surface area contributed by atoms with Gasteiger partial charge in [0.15, 0.2) is 5.82 Å². The number of carbonyl (C=O) groups is 1. The van der Waals surface area contributed by atoms with Crippen molar-refractivity contribution in [3.8, 4) is 0 Å². The Labute approximate surface area is 139 Å². The third-order valence-electron chi connectivity index (χ3n) is 3.94. The number of aromatic nitrogens is 3. The summed E-state index contributed by atoms with van der Waals surface area (Å²) >= 11 is 1.62. The zero-order valence-electron chi connectivity index (χ0n) is 13.3. The number of nitrogens with zero attached hydrogens (tertiary/aromatic N) is 5. The van der Waals surface area contributed by atoms with Crippen LogP contribution in [0, 0.1) is 6.92 Å². The van der Waals surface area contributed by atoms with Gasteiger partial charge >= 0.3 is 0 Å². The van der Waals surface area contributed by atoms with Gasteiger partial charge in [0.2, 0.25) is 11.8 Å². The average molecular weight is 335 g/mol. The molecule has 0 saturated carbocycles. The van der Waals surface area contributed by atoms with Crippen LogP contribution >= 0.6 is 11.3 Å². The molecule has 0 unspecified atom stereocenters. The van der Waals surface area contributed by atoms with Crippen molar-refractivity contribution in [3.63, 3.8) is 0 Å². The smallest absolute Gasteiger partial charge is 0.226 e. The van der Waals surface area contributed by atoms with E-state index in [1.807, 2.05) is 10.4 Å². The second-order valence-electron chi connectivity index (χ2n) is 5.73. The largest absolute Gasteiger partial charge is 0.340 e. The van der Waals surface area contributed by atoms with Gasteiger partial charge in [-0.25, -0.2) is 4.98 Å². The summed E-state index contributed by atoms with van der Waals surface area (Å²) in [6.07, 6.45) is 1.95. The van der Waals surface area contributed by atoms with Crippen LogP contribution in [0.2, 0.25) is 0 Å². The Morgan fingerprint density at radius 1 is 1.35 bits per heavy atom. The van der Waals surface area contributed by atoms with Crippen LogP contribution in [-0.4, -0.2) is 57.0 Å². The molecule has 3 rings (SSSR count). The normalized spacial score (nSPS) is 16.0. The van der Waals surface area contributed by atoms with Crippen molar-refractivity contribution in [2.45, 2.75) is 32.7 Å². The number of thiazole rings is 1. The Bertz CT molecular complexity index is 620. The molecule has 8 heteroatoms. The van der Waals surface area contributed by atoms with Gasteiger partial charge in [0, 0.05) is 50.9 Å². The van der Waals surface area contributed by atoms with Gasteiger partial charge in [-0.15, -0.1) is 11.3 Å². The summed E-state index contributed by atoms with van der Waals surface area (Å²) < 4.78 is 5.06. The van der Waals surface area contributed by atoms with Gasteiger partial charge in [0.25, 0.3) is 0 Å². The van der Waals surface area contributed by atoms with E-state index >= 15 is 0 Å². The lowest BCUT2D eigenvalue weighted by atomic mass is 10.2. The molecule has 0 atom stereocenters. The number of amides is 1. The molecule has 3 heterocycles. The third-order valence-corrected chi connectivity index (χ3v) is 4.58. The second kappa shape index (κ2) is 7.65. The average Bonchev–Trinajstić information content (AvgIpc) is 3.20. The molecule has 2 aromatic heterocycles. The summed E-state index contributed by atoms with van der Waals surface area (Å²) in [5.74, 6) is 1.47. The van der Waals surface area contributed by atoms with Crippen molar-refractivity contribution in [2.24, 2.45) is 0 Å². The van der Waals surface area contributed by atoms with Crippen LogP contribution in [0.5, 0.6) is 0 Å². The fourth-order valence-electron chi connectivity index (χ4n) is 2.69. The van der Waals surface area contributed by atoms with Crippen molar-refractivity contribution in [3.05, 3.63) is 28.3 Å². The standard InChI is InChI=1S/C15H21N5O2S/c1-12-17-14(22-18-12)3-2-4-15(21)20-7-5-19(6-8-20)9-13-10-23-11-16-13/h10-11H,2-9H2,1H3. The first-order valence-corrected chi connectivity index (χ1v) is 8.81. The Kier molecular flexibility index (Phi) is 5.35. The highest BCUT2D eigenvalue weighted by molar-refractivity contribution is 7.07. The van der Waals surface area contributed by atoms with E-state index in [0.717, 1.165) is 44.8 Å². The maximum atomic E-state index is 12.2.